The molecular formula is C9H22N2O. The number of nitrogens with one attached hydrogen (secondary N) is 1. The highest BCUT2D eigenvalue weighted by atomic mass is 16.3. The molecule has 0 saturated heterocycles. The van der Waals surface area contributed by atoms with Gasteiger partial charge in [0, 0.05) is 13.1 Å². The molecule has 0 radical (unpaired) electrons. The van der Waals surface area contributed by atoms with Crippen molar-refractivity contribution in [1.29, 1.82) is 0 Å². The minimum atomic E-state index is -0.128. The zero-order valence-electron chi connectivity index (χ0n) is 8.51. The van der Waals surface area contributed by atoms with Gasteiger partial charge in [0.05, 0.1) is 6.10 Å². The largest absolute Gasteiger partial charge is 0.393 e. The molecule has 12 heavy (non-hydrogen) atoms. The SMILES string of the molecule is CCC(O)CCNCCN(C)C. The number of nitrogens with zero attached hydrogens (tertiary/aromatic N) is 1. The van der Waals surface area contributed by atoms with E-state index in [-0.39, 0.29) is 6.10 Å². The van der Waals surface area contributed by atoms with Gasteiger partial charge in [-0.1, -0.05) is 6.92 Å². The molecule has 0 aliphatic rings. The molecule has 0 aromatic carbocycles. The number of hydrogen-bond donors (Lipinski definition) is 2. The van der Waals surface area contributed by atoms with E-state index in [1.807, 2.05) is 6.92 Å². The zero-order chi connectivity index (χ0) is 9.40. The average Bonchev–Trinajstić information content (AvgIpc) is 2.03. The predicted octanol–water partition coefficient (Wildman–Crippen LogP) is 0.299. The van der Waals surface area contributed by atoms with Crippen LogP contribution in [0, 0.1) is 0 Å². The first-order valence-corrected chi connectivity index (χ1v) is 4.70. The second-order valence-electron chi connectivity index (χ2n) is 3.40. The summed E-state index contributed by atoms with van der Waals surface area (Å²) in [6.45, 7) is 4.99. The van der Waals surface area contributed by atoms with Crippen LogP contribution in [-0.2, 0) is 0 Å². The summed E-state index contributed by atoms with van der Waals surface area (Å²) in [7, 11) is 4.12. The topological polar surface area (TPSA) is 35.5 Å². The third-order valence-corrected chi connectivity index (χ3v) is 1.86. The van der Waals surface area contributed by atoms with Crippen LogP contribution in [0.15, 0.2) is 0 Å². The van der Waals surface area contributed by atoms with Gasteiger partial charge in [-0.15, -0.1) is 0 Å². The van der Waals surface area contributed by atoms with Crippen molar-refractivity contribution < 1.29 is 5.11 Å². The Hall–Kier alpha value is -0.120. The van der Waals surface area contributed by atoms with E-state index in [0.717, 1.165) is 32.5 Å². The van der Waals surface area contributed by atoms with Crippen LogP contribution in [0.5, 0.6) is 0 Å². The average molecular weight is 174 g/mol. The summed E-state index contributed by atoms with van der Waals surface area (Å²) >= 11 is 0. The highest BCUT2D eigenvalue weighted by molar-refractivity contribution is 4.56. The highest BCUT2D eigenvalue weighted by Crippen LogP contribution is 1.93. The zero-order valence-corrected chi connectivity index (χ0v) is 8.51. The summed E-state index contributed by atoms with van der Waals surface area (Å²) in [5, 5.41) is 12.5. The third-order valence-electron chi connectivity index (χ3n) is 1.86. The Balaban J connectivity index is 3.00. The standard InChI is InChI=1S/C9H22N2O/c1-4-9(12)5-6-10-7-8-11(2)3/h9-10,12H,4-8H2,1-3H3. The van der Waals surface area contributed by atoms with E-state index in [9.17, 15) is 5.11 Å². The fourth-order valence-corrected chi connectivity index (χ4v) is 0.900. The Labute approximate surface area is 75.8 Å². The van der Waals surface area contributed by atoms with Crippen LogP contribution in [0.2, 0.25) is 0 Å². The van der Waals surface area contributed by atoms with E-state index >= 15 is 0 Å². The summed E-state index contributed by atoms with van der Waals surface area (Å²) in [6.07, 6.45) is 1.59. The molecule has 3 heteroatoms. The minimum absolute atomic E-state index is 0.128. The van der Waals surface area contributed by atoms with E-state index in [1.165, 1.54) is 0 Å². The first-order chi connectivity index (χ1) is 5.66. The molecule has 1 atom stereocenters. The molecular weight excluding hydrogens is 152 g/mol. The number of likely N-dealkylation sites (N-methyl/N-ethyl adjacent to an activating group) is 1. The third kappa shape index (κ3) is 7.98. The Morgan fingerprint density at radius 2 is 2.00 bits per heavy atom. The molecule has 0 aromatic heterocycles. The lowest BCUT2D eigenvalue weighted by molar-refractivity contribution is 0.159. The fraction of sp³-hybridized carbons (Fsp3) is 1.00. The lowest BCUT2D eigenvalue weighted by Gasteiger charge is -2.11. The van der Waals surface area contributed by atoms with Crippen molar-refractivity contribution in [3.8, 4) is 0 Å². The van der Waals surface area contributed by atoms with Crippen LogP contribution in [-0.4, -0.2) is 49.8 Å². The van der Waals surface area contributed by atoms with Crippen molar-refractivity contribution in [2.75, 3.05) is 33.7 Å². The second-order valence-corrected chi connectivity index (χ2v) is 3.40. The molecule has 0 aliphatic heterocycles. The Bertz CT molecular complexity index is 96.5. The molecule has 0 bridgehead atoms. The molecule has 0 aromatic rings. The van der Waals surface area contributed by atoms with Crippen molar-refractivity contribution >= 4 is 0 Å². The molecule has 74 valence electrons. The van der Waals surface area contributed by atoms with Gasteiger partial charge in [0.25, 0.3) is 0 Å². The smallest absolute Gasteiger partial charge is 0.0549 e. The van der Waals surface area contributed by atoms with Gasteiger partial charge in [0.1, 0.15) is 0 Å². The summed E-state index contributed by atoms with van der Waals surface area (Å²) in [4.78, 5) is 2.14. The minimum Gasteiger partial charge on any atom is -0.393 e. The van der Waals surface area contributed by atoms with Crippen LogP contribution in [0.25, 0.3) is 0 Å². The molecule has 1 unspecified atom stereocenters. The van der Waals surface area contributed by atoms with Gasteiger partial charge < -0.3 is 15.3 Å². The molecule has 0 aliphatic carbocycles. The van der Waals surface area contributed by atoms with Crippen molar-refractivity contribution in [3.05, 3.63) is 0 Å². The number of hydrogen-bond acceptors (Lipinski definition) is 3. The van der Waals surface area contributed by atoms with Gasteiger partial charge >= 0.3 is 0 Å². The number of aliphatic hydroxyl groups excluding tert-OH is 1. The van der Waals surface area contributed by atoms with Gasteiger partial charge in [-0.2, -0.15) is 0 Å². The van der Waals surface area contributed by atoms with Gasteiger partial charge in [-0.25, -0.2) is 0 Å². The van der Waals surface area contributed by atoms with E-state index in [4.69, 9.17) is 0 Å². The van der Waals surface area contributed by atoms with Crippen LogP contribution in [0.3, 0.4) is 0 Å². The lowest BCUT2D eigenvalue weighted by Crippen LogP contribution is -2.28. The first kappa shape index (κ1) is 11.9. The lowest BCUT2D eigenvalue weighted by atomic mass is 10.2. The summed E-state index contributed by atoms with van der Waals surface area (Å²) in [5.74, 6) is 0. The van der Waals surface area contributed by atoms with E-state index in [0.29, 0.717) is 0 Å². The van der Waals surface area contributed by atoms with Crippen molar-refractivity contribution in [3.63, 3.8) is 0 Å². The maximum absolute atomic E-state index is 9.22. The Morgan fingerprint density at radius 1 is 1.33 bits per heavy atom. The van der Waals surface area contributed by atoms with Crippen LogP contribution >= 0.6 is 0 Å². The first-order valence-electron chi connectivity index (χ1n) is 4.70. The van der Waals surface area contributed by atoms with Crippen molar-refractivity contribution in [1.82, 2.24) is 10.2 Å². The Morgan fingerprint density at radius 3 is 2.50 bits per heavy atom. The summed E-state index contributed by atoms with van der Waals surface area (Å²) in [6, 6.07) is 0. The molecule has 0 heterocycles. The van der Waals surface area contributed by atoms with Crippen LogP contribution < -0.4 is 5.32 Å². The monoisotopic (exact) mass is 174 g/mol. The van der Waals surface area contributed by atoms with E-state index < -0.39 is 0 Å². The predicted molar refractivity (Wildman–Crippen MR) is 52.3 cm³/mol. The van der Waals surface area contributed by atoms with Gasteiger partial charge in [-0.05, 0) is 33.5 Å². The Kier molecular flexibility index (Phi) is 7.45. The normalized spacial score (nSPS) is 13.8. The quantitative estimate of drug-likeness (QED) is 0.545. The van der Waals surface area contributed by atoms with Crippen LogP contribution in [0.1, 0.15) is 19.8 Å². The van der Waals surface area contributed by atoms with E-state index in [1.54, 1.807) is 0 Å². The summed E-state index contributed by atoms with van der Waals surface area (Å²) < 4.78 is 0. The molecule has 0 spiro atoms. The number of aliphatic hydroxyl groups is 1. The summed E-state index contributed by atoms with van der Waals surface area (Å²) in [5.41, 5.74) is 0. The highest BCUT2D eigenvalue weighted by Gasteiger charge is 1.98. The van der Waals surface area contributed by atoms with Crippen molar-refractivity contribution in [2.45, 2.75) is 25.9 Å². The molecule has 0 rings (SSSR count). The van der Waals surface area contributed by atoms with Gasteiger partial charge in [0.2, 0.25) is 0 Å². The second kappa shape index (κ2) is 7.53. The van der Waals surface area contributed by atoms with E-state index in [2.05, 4.69) is 24.3 Å². The maximum Gasteiger partial charge on any atom is 0.0549 e. The van der Waals surface area contributed by atoms with Gasteiger partial charge in [0.15, 0.2) is 0 Å². The fourth-order valence-electron chi connectivity index (χ4n) is 0.900. The molecule has 0 amide bonds. The molecule has 0 saturated carbocycles. The van der Waals surface area contributed by atoms with Crippen LogP contribution in [0.4, 0.5) is 0 Å². The molecule has 0 fully saturated rings. The molecule has 2 N–H and O–H groups in total. The molecule has 3 nitrogen and oxygen atoms in total. The van der Waals surface area contributed by atoms with Gasteiger partial charge in [-0.3, -0.25) is 0 Å². The van der Waals surface area contributed by atoms with Crippen molar-refractivity contribution in [2.24, 2.45) is 0 Å². The maximum atomic E-state index is 9.22. The number of rotatable bonds is 7.